The average molecular weight is 499 g/mol. The lowest BCUT2D eigenvalue weighted by Gasteiger charge is -2.37. The summed E-state index contributed by atoms with van der Waals surface area (Å²) in [6.45, 7) is 5.00. The SMILES string of the molecule is CCCCN1C(=S)NC(c2ccc(OC)c(OC)c2)C(c2nc(-c3ccc(Cl)cc3)no2)=C1C. The van der Waals surface area contributed by atoms with E-state index in [1.165, 1.54) is 0 Å². The van der Waals surface area contributed by atoms with Crippen molar-refractivity contribution < 1.29 is 14.0 Å². The van der Waals surface area contributed by atoms with E-state index in [2.05, 4.69) is 22.3 Å². The van der Waals surface area contributed by atoms with Crippen LogP contribution in [-0.4, -0.2) is 40.9 Å². The van der Waals surface area contributed by atoms with E-state index in [4.69, 9.17) is 42.8 Å². The predicted molar refractivity (Wildman–Crippen MR) is 137 cm³/mol. The number of ether oxygens (including phenoxy) is 2. The van der Waals surface area contributed by atoms with Gasteiger partial charge in [0.1, 0.15) is 0 Å². The summed E-state index contributed by atoms with van der Waals surface area (Å²) >= 11 is 11.8. The van der Waals surface area contributed by atoms with Crippen LogP contribution in [0.5, 0.6) is 11.5 Å². The number of hydrogen-bond acceptors (Lipinski definition) is 6. The molecule has 0 fully saturated rings. The Balaban J connectivity index is 1.81. The maximum Gasteiger partial charge on any atom is 0.258 e. The molecule has 3 aromatic rings. The second-order valence-electron chi connectivity index (χ2n) is 7.93. The summed E-state index contributed by atoms with van der Waals surface area (Å²) in [5.74, 6) is 2.20. The second-order valence-corrected chi connectivity index (χ2v) is 8.75. The Hall–Kier alpha value is -3.10. The van der Waals surface area contributed by atoms with E-state index >= 15 is 0 Å². The van der Waals surface area contributed by atoms with Crippen LogP contribution in [0, 0.1) is 0 Å². The highest BCUT2D eigenvalue weighted by atomic mass is 35.5. The molecule has 34 heavy (non-hydrogen) atoms. The first-order chi connectivity index (χ1) is 16.5. The van der Waals surface area contributed by atoms with Crippen LogP contribution < -0.4 is 14.8 Å². The molecule has 0 radical (unpaired) electrons. The Morgan fingerprint density at radius 1 is 1.12 bits per heavy atom. The second kappa shape index (κ2) is 10.4. The molecule has 2 aromatic carbocycles. The van der Waals surface area contributed by atoms with Gasteiger partial charge >= 0.3 is 0 Å². The van der Waals surface area contributed by atoms with E-state index in [0.717, 1.165) is 41.8 Å². The molecule has 0 bridgehead atoms. The van der Waals surface area contributed by atoms with Crippen molar-refractivity contribution in [2.24, 2.45) is 0 Å². The van der Waals surface area contributed by atoms with E-state index in [-0.39, 0.29) is 6.04 Å². The van der Waals surface area contributed by atoms with Gasteiger partial charge in [0.25, 0.3) is 5.89 Å². The standard InChI is InChI=1S/C25H27ClN4O3S/c1-5-6-13-30-15(2)21(24-28-23(29-33-24)16-7-10-18(26)11-8-16)22(27-25(30)34)17-9-12-19(31-3)20(14-17)32-4/h7-12,14,22H,5-6,13H2,1-4H3,(H,27,34). The molecule has 1 aliphatic rings. The number of allylic oxidation sites excluding steroid dienone is 1. The highest BCUT2D eigenvalue weighted by Gasteiger charge is 2.34. The first-order valence-electron chi connectivity index (χ1n) is 11.1. The lowest BCUT2D eigenvalue weighted by Crippen LogP contribution is -2.46. The number of methoxy groups -OCH3 is 2. The van der Waals surface area contributed by atoms with E-state index in [9.17, 15) is 0 Å². The summed E-state index contributed by atoms with van der Waals surface area (Å²) in [6, 6.07) is 12.8. The lowest BCUT2D eigenvalue weighted by atomic mass is 9.94. The fraction of sp³-hybridized carbons (Fsp3) is 0.320. The average Bonchev–Trinajstić information content (AvgIpc) is 3.33. The van der Waals surface area contributed by atoms with Crippen LogP contribution in [0.15, 0.2) is 52.7 Å². The minimum absolute atomic E-state index is 0.302. The molecule has 0 spiro atoms. The summed E-state index contributed by atoms with van der Waals surface area (Å²) in [5, 5.41) is 9.02. The zero-order valence-corrected chi connectivity index (χ0v) is 21.2. The number of nitrogens with one attached hydrogen (secondary N) is 1. The fourth-order valence-corrected chi connectivity index (χ4v) is 4.45. The molecule has 0 saturated heterocycles. The summed E-state index contributed by atoms with van der Waals surface area (Å²) < 4.78 is 16.7. The molecule has 0 saturated carbocycles. The van der Waals surface area contributed by atoms with E-state index < -0.39 is 0 Å². The van der Waals surface area contributed by atoms with Gasteiger partial charge in [-0.05, 0) is 67.5 Å². The van der Waals surface area contributed by atoms with Gasteiger partial charge in [-0.2, -0.15) is 4.98 Å². The van der Waals surface area contributed by atoms with Gasteiger partial charge in [-0.1, -0.05) is 36.2 Å². The third-order valence-electron chi connectivity index (χ3n) is 5.83. The van der Waals surface area contributed by atoms with Gasteiger partial charge < -0.3 is 24.2 Å². The third kappa shape index (κ3) is 4.74. The van der Waals surface area contributed by atoms with Crippen molar-refractivity contribution in [3.63, 3.8) is 0 Å². The Morgan fingerprint density at radius 2 is 1.85 bits per heavy atom. The molecule has 4 rings (SSSR count). The molecule has 0 aliphatic carbocycles. The zero-order chi connectivity index (χ0) is 24.2. The summed E-state index contributed by atoms with van der Waals surface area (Å²) in [4.78, 5) is 6.83. The minimum atomic E-state index is -0.302. The summed E-state index contributed by atoms with van der Waals surface area (Å²) in [5.41, 5.74) is 3.60. The van der Waals surface area contributed by atoms with Crippen LogP contribution in [0.1, 0.15) is 44.2 Å². The van der Waals surface area contributed by atoms with E-state index in [0.29, 0.717) is 33.3 Å². The van der Waals surface area contributed by atoms with Crippen LogP contribution >= 0.6 is 23.8 Å². The van der Waals surface area contributed by atoms with Gasteiger partial charge in [-0.25, -0.2) is 0 Å². The van der Waals surface area contributed by atoms with Crippen molar-refractivity contribution in [3.8, 4) is 22.9 Å². The molecule has 1 aromatic heterocycles. The minimum Gasteiger partial charge on any atom is -0.493 e. The number of unbranched alkanes of at least 4 members (excludes halogenated alkanes) is 1. The molecule has 7 nitrogen and oxygen atoms in total. The number of thiocarbonyl (C=S) groups is 1. The number of nitrogens with zero attached hydrogens (tertiary/aromatic N) is 3. The van der Waals surface area contributed by atoms with Crippen molar-refractivity contribution in [2.75, 3.05) is 20.8 Å². The topological polar surface area (TPSA) is 72.7 Å². The molecule has 1 atom stereocenters. The monoisotopic (exact) mass is 498 g/mol. The van der Waals surface area contributed by atoms with Crippen molar-refractivity contribution >= 4 is 34.5 Å². The van der Waals surface area contributed by atoms with Crippen molar-refractivity contribution in [1.29, 1.82) is 0 Å². The summed E-state index contributed by atoms with van der Waals surface area (Å²) in [6.07, 6.45) is 2.06. The van der Waals surface area contributed by atoms with Crippen molar-refractivity contribution in [1.82, 2.24) is 20.4 Å². The van der Waals surface area contributed by atoms with Gasteiger partial charge in [0.15, 0.2) is 16.6 Å². The molecule has 0 amide bonds. The highest BCUT2D eigenvalue weighted by Crippen LogP contribution is 2.40. The van der Waals surface area contributed by atoms with Crippen molar-refractivity contribution in [3.05, 3.63) is 64.6 Å². The van der Waals surface area contributed by atoms with Gasteiger partial charge in [0.05, 0.1) is 25.8 Å². The maximum atomic E-state index is 6.03. The van der Waals surface area contributed by atoms with Gasteiger partial charge in [0, 0.05) is 22.8 Å². The molecular formula is C25H27ClN4O3S. The normalized spacial score (nSPS) is 16.0. The Labute approximate surface area is 209 Å². The molecular weight excluding hydrogens is 472 g/mol. The molecule has 178 valence electrons. The van der Waals surface area contributed by atoms with E-state index in [1.54, 1.807) is 26.4 Å². The maximum absolute atomic E-state index is 6.03. The van der Waals surface area contributed by atoms with Crippen LogP contribution in [0.25, 0.3) is 17.0 Å². The molecule has 1 unspecified atom stereocenters. The predicted octanol–water partition coefficient (Wildman–Crippen LogP) is 5.87. The van der Waals surface area contributed by atoms with Crippen LogP contribution in [0.4, 0.5) is 0 Å². The number of hydrogen-bond donors (Lipinski definition) is 1. The quantitative estimate of drug-likeness (QED) is 0.386. The molecule has 1 aliphatic heterocycles. The molecule has 1 N–H and O–H groups in total. The number of halogens is 1. The first-order valence-corrected chi connectivity index (χ1v) is 11.9. The lowest BCUT2D eigenvalue weighted by molar-refractivity contribution is 0.354. The number of benzene rings is 2. The van der Waals surface area contributed by atoms with Crippen molar-refractivity contribution in [2.45, 2.75) is 32.7 Å². The Morgan fingerprint density at radius 3 is 2.53 bits per heavy atom. The largest absolute Gasteiger partial charge is 0.493 e. The van der Waals surface area contributed by atoms with Gasteiger partial charge in [-0.3, -0.25) is 0 Å². The highest BCUT2D eigenvalue weighted by molar-refractivity contribution is 7.80. The van der Waals surface area contributed by atoms with Gasteiger partial charge in [0.2, 0.25) is 5.82 Å². The smallest absolute Gasteiger partial charge is 0.258 e. The fourth-order valence-electron chi connectivity index (χ4n) is 3.98. The number of aromatic nitrogens is 2. The molecule has 9 heteroatoms. The Kier molecular flexibility index (Phi) is 7.38. The van der Waals surface area contributed by atoms with E-state index in [1.807, 2.05) is 37.3 Å². The van der Waals surface area contributed by atoms with Crippen LogP contribution in [0.2, 0.25) is 5.02 Å². The zero-order valence-electron chi connectivity index (χ0n) is 19.6. The summed E-state index contributed by atoms with van der Waals surface area (Å²) in [7, 11) is 3.23. The Bertz CT molecular complexity index is 1210. The van der Waals surface area contributed by atoms with Crippen LogP contribution in [-0.2, 0) is 0 Å². The first kappa shape index (κ1) is 24.0. The number of rotatable bonds is 8. The third-order valence-corrected chi connectivity index (χ3v) is 6.42. The van der Waals surface area contributed by atoms with Crippen LogP contribution in [0.3, 0.4) is 0 Å². The van der Waals surface area contributed by atoms with Gasteiger partial charge in [-0.15, -0.1) is 0 Å². The molecule has 2 heterocycles.